The van der Waals surface area contributed by atoms with Crippen LogP contribution in [0.1, 0.15) is 0 Å². The lowest BCUT2D eigenvalue weighted by atomic mass is 10.7. The van der Waals surface area contributed by atoms with Gasteiger partial charge in [-0.1, -0.05) is 0 Å². The number of urea groups is 2. The van der Waals surface area contributed by atoms with Crippen molar-refractivity contribution in [2.45, 2.75) is 0 Å². The summed E-state index contributed by atoms with van der Waals surface area (Å²) in [5.41, 5.74) is 0. The Morgan fingerprint density at radius 2 is 1.40 bits per heavy atom. The number of hydrogen-bond acceptors (Lipinski definition) is 7. The summed E-state index contributed by atoms with van der Waals surface area (Å²) in [5, 5.41) is 8.94. The van der Waals surface area contributed by atoms with Crippen LogP contribution in [-0.2, 0) is 9.68 Å². The first-order valence-electron chi connectivity index (χ1n) is 5.24. The third kappa shape index (κ3) is 1.51. The average Bonchev–Trinajstić information content (AvgIpc) is 2.74. The predicted octanol–water partition coefficient (Wildman–Crippen LogP) is -0.0849. The molecule has 2 aliphatic heterocycles. The van der Waals surface area contributed by atoms with E-state index in [2.05, 4.69) is 0 Å². The first kappa shape index (κ1) is 14.5. The molecule has 2 rings (SSSR count). The van der Waals surface area contributed by atoms with E-state index >= 15 is 0 Å². The van der Waals surface area contributed by atoms with Crippen molar-refractivity contribution in [3.05, 3.63) is 0 Å². The summed E-state index contributed by atoms with van der Waals surface area (Å²) in [7, 11) is 2.09. The maximum Gasteiger partial charge on any atom is 0.526 e. The lowest BCUT2D eigenvalue weighted by molar-refractivity contribution is -1.54. The van der Waals surface area contributed by atoms with E-state index in [9.17, 15) is 19.2 Å². The normalized spacial score (nSPS) is 33.8. The molecule has 11 nitrogen and oxygen atoms in total. The molecule has 2 saturated heterocycles. The van der Waals surface area contributed by atoms with Gasteiger partial charge in [-0.15, -0.1) is 11.6 Å². The van der Waals surface area contributed by atoms with Crippen LogP contribution in [0.15, 0.2) is 0 Å². The Morgan fingerprint density at radius 3 is 1.70 bits per heavy atom. The molecule has 2 fully saturated rings. The standard InChI is InChI=1S/C8H11ClN4O7/c1-12(5(15)10(3-9)7(17)19-12)13(2)6(16)11(4-14)8(18)20-13/h14H,3-4H2,1-2H3/q+2. The molecule has 0 saturated carbocycles. The van der Waals surface area contributed by atoms with Crippen molar-refractivity contribution < 1.29 is 43.5 Å². The molecule has 12 heteroatoms. The number of aliphatic hydroxyl groups excluding tert-OH is 1. The Morgan fingerprint density at radius 1 is 1.00 bits per heavy atom. The van der Waals surface area contributed by atoms with Gasteiger partial charge in [0, 0.05) is 0 Å². The molecule has 2 heterocycles. The van der Waals surface area contributed by atoms with Gasteiger partial charge in [0.1, 0.15) is 22.2 Å². The summed E-state index contributed by atoms with van der Waals surface area (Å²) < 4.78 is -2.68. The highest BCUT2D eigenvalue weighted by Crippen LogP contribution is 2.34. The summed E-state index contributed by atoms with van der Waals surface area (Å²) in [6.45, 7) is -0.938. The number of hydrogen-bond donors (Lipinski definition) is 1. The lowest BCUT2D eigenvalue weighted by Crippen LogP contribution is -2.70. The number of carbonyl (C=O) groups excluding carboxylic acids is 4. The molecule has 2 aliphatic rings. The maximum atomic E-state index is 12.1. The van der Waals surface area contributed by atoms with Crippen molar-refractivity contribution in [2.75, 3.05) is 26.8 Å². The summed E-state index contributed by atoms with van der Waals surface area (Å²) in [6, 6.07) is -2.55. The largest absolute Gasteiger partial charge is 0.526 e. The molecule has 0 aromatic rings. The summed E-state index contributed by atoms with van der Waals surface area (Å²) in [6.07, 6.45) is -2.26. The number of alkyl halides is 1. The summed E-state index contributed by atoms with van der Waals surface area (Å²) in [4.78, 5) is 57.7. The van der Waals surface area contributed by atoms with Crippen LogP contribution in [0, 0.1) is 0 Å². The van der Waals surface area contributed by atoms with E-state index in [4.69, 9.17) is 26.4 Å². The highest BCUT2D eigenvalue weighted by atomic mass is 35.5. The number of amides is 6. The van der Waals surface area contributed by atoms with Crippen molar-refractivity contribution in [2.24, 2.45) is 0 Å². The second-order valence-electron chi connectivity index (χ2n) is 4.15. The molecule has 0 spiro atoms. The van der Waals surface area contributed by atoms with Gasteiger partial charge in [0.05, 0.1) is 0 Å². The van der Waals surface area contributed by atoms with Crippen molar-refractivity contribution in [1.29, 1.82) is 0 Å². The van der Waals surface area contributed by atoms with E-state index in [1.165, 1.54) is 0 Å². The minimum Gasteiger partial charge on any atom is -0.375 e. The maximum absolute atomic E-state index is 12.1. The highest BCUT2D eigenvalue weighted by Gasteiger charge is 2.76. The first-order chi connectivity index (χ1) is 9.22. The average molecular weight is 311 g/mol. The van der Waals surface area contributed by atoms with E-state index in [0.29, 0.717) is 9.80 Å². The van der Waals surface area contributed by atoms with Crippen molar-refractivity contribution in [1.82, 2.24) is 9.80 Å². The molecule has 110 valence electrons. The number of carbonyl (C=O) groups is 4. The molecule has 20 heavy (non-hydrogen) atoms. The number of quaternary nitrogens is 2. The van der Waals surface area contributed by atoms with Gasteiger partial charge in [-0.25, -0.2) is 9.59 Å². The minimum atomic E-state index is -1.35. The molecule has 1 N–H and O–H groups in total. The molecular weight excluding hydrogens is 300 g/mol. The van der Waals surface area contributed by atoms with Crippen LogP contribution < -0.4 is 0 Å². The molecule has 0 radical (unpaired) electrons. The second-order valence-corrected chi connectivity index (χ2v) is 4.39. The number of aliphatic hydroxyl groups is 1. The van der Waals surface area contributed by atoms with E-state index in [0.717, 1.165) is 14.1 Å². The number of rotatable bonds is 3. The monoisotopic (exact) mass is 310 g/mol. The van der Waals surface area contributed by atoms with Crippen molar-refractivity contribution >= 4 is 35.8 Å². The third-order valence-electron chi connectivity index (χ3n) is 3.11. The highest BCUT2D eigenvalue weighted by molar-refractivity contribution is 6.19. The van der Waals surface area contributed by atoms with Gasteiger partial charge in [-0.05, 0) is 0 Å². The second kappa shape index (κ2) is 4.28. The van der Waals surface area contributed by atoms with E-state index < -0.39 is 46.5 Å². The van der Waals surface area contributed by atoms with Crippen LogP contribution in [0.2, 0.25) is 0 Å². The quantitative estimate of drug-likeness (QED) is 0.440. The van der Waals surface area contributed by atoms with Gasteiger partial charge < -0.3 is 5.11 Å². The van der Waals surface area contributed by atoms with E-state index in [1.807, 2.05) is 0 Å². The number of imide groups is 2. The van der Waals surface area contributed by atoms with Crippen LogP contribution >= 0.6 is 11.6 Å². The fraction of sp³-hybridized carbons (Fsp3) is 0.500. The van der Waals surface area contributed by atoms with Crippen LogP contribution in [0.25, 0.3) is 0 Å². The molecule has 0 aromatic heterocycles. The number of nitrogens with zero attached hydrogens (tertiary/aromatic N) is 4. The molecule has 2 atom stereocenters. The van der Waals surface area contributed by atoms with Gasteiger partial charge in [0.25, 0.3) is 0 Å². The first-order valence-corrected chi connectivity index (χ1v) is 5.78. The van der Waals surface area contributed by atoms with Crippen LogP contribution in [0.4, 0.5) is 19.2 Å². The van der Waals surface area contributed by atoms with E-state index in [-0.39, 0.29) is 0 Å². The van der Waals surface area contributed by atoms with Gasteiger partial charge in [0.2, 0.25) is 0 Å². The zero-order valence-electron chi connectivity index (χ0n) is 10.5. The van der Waals surface area contributed by atoms with Gasteiger partial charge in [0.15, 0.2) is 14.1 Å². The zero-order valence-corrected chi connectivity index (χ0v) is 11.2. The Kier molecular flexibility index (Phi) is 3.09. The molecule has 6 amide bonds. The Bertz CT molecular complexity index is 481. The van der Waals surface area contributed by atoms with Crippen LogP contribution in [0.5, 0.6) is 0 Å². The van der Waals surface area contributed by atoms with Gasteiger partial charge in [-0.3, -0.25) is 0 Å². The lowest BCUT2D eigenvalue weighted by Gasteiger charge is -2.28. The Hall–Kier alpha value is -1.95. The fourth-order valence-corrected chi connectivity index (χ4v) is 1.99. The molecule has 0 bridgehead atoms. The number of hydroxylamine groups is 4. The smallest absolute Gasteiger partial charge is 0.375 e. The zero-order chi connectivity index (χ0) is 15.3. The molecular formula is C8H11ClN4O7+2. The van der Waals surface area contributed by atoms with Crippen molar-refractivity contribution in [3.63, 3.8) is 0 Å². The van der Waals surface area contributed by atoms with E-state index in [1.54, 1.807) is 0 Å². The van der Waals surface area contributed by atoms with Crippen molar-refractivity contribution in [3.8, 4) is 0 Å². The molecule has 2 unspecified atom stereocenters. The predicted molar refractivity (Wildman–Crippen MR) is 57.6 cm³/mol. The SMILES string of the molecule is C[N+]1([N+]2(C)OC(=O)N(CCl)C2=O)OC(=O)N(CO)C1=O. The number of halogens is 1. The fourth-order valence-electron chi connectivity index (χ4n) is 1.79. The van der Waals surface area contributed by atoms with Gasteiger partial charge in [-0.2, -0.15) is 29.1 Å². The summed E-state index contributed by atoms with van der Waals surface area (Å²) >= 11 is 5.44. The minimum absolute atomic E-state index is 0.355. The summed E-state index contributed by atoms with van der Waals surface area (Å²) in [5.74, 6) is 0. The van der Waals surface area contributed by atoms with Crippen LogP contribution in [0.3, 0.4) is 0 Å². The Balaban J connectivity index is 2.45. The molecule has 0 aromatic carbocycles. The topological polar surface area (TPSA) is 113 Å². The Labute approximate surface area is 117 Å². The third-order valence-corrected chi connectivity index (χ3v) is 3.35. The molecule has 0 aliphatic carbocycles. The van der Waals surface area contributed by atoms with Gasteiger partial charge >= 0.3 is 24.2 Å². The van der Waals surface area contributed by atoms with Crippen LogP contribution in [-0.4, -0.2) is 75.5 Å².